The number of aromatic nitrogens is 1. The Hall–Kier alpha value is -1.45. The first-order valence-corrected chi connectivity index (χ1v) is 7.02. The Morgan fingerprint density at radius 1 is 1.53 bits per heavy atom. The van der Waals surface area contributed by atoms with Crippen molar-refractivity contribution in [2.24, 2.45) is 0 Å². The van der Waals surface area contributed by atoms with Crippen LogP contribution in [0.4, 0.5) is 0 Å². The molecule has 0 aromatic carbocycles. The number of hydrogen-bond acceptors (Lipinski definition) is 4. The summed E-state index contributed by atoms with van der Waals surface area (Å²) in [5.41, 5.74) is 0.725. The van der Waals surface area contributed by atoms with Gasteiger partial charge in [0.2, 0.25) is 10.0 Å². The first kappa shape index (κ1) is 13.6. The van der Waals surface area contributed by atoms with Gasteiger partial charge >= 0.3 is 0 Å². The molecule has 0 aliphatic rings. The Morgan fingerprint density at radius 3 is 2.82 bits per heavy atom. The first-order valence-electron chi connectivity index (χ1n) is 5.37. The van der Waals surface area contributed by atoms with Crippen molar-refractivity contribution in [3.05, 3.63) is 30.1 Å². The van der Waals surface area contributed by atoms with Crippen LogP contribution in [0.25, 0.3) is 0 Å². The van der Waals surface area contributed by atoms with Gasteiger partial charge in [0, 0.05) is 18.3 Å². The van der Waals surface area contributed by atoms with E-state index in [0.29, 0.717) is 12.8 Å². The summed E-state index contributed by atoms with van der Waals surface area (Å²) in [5.74, 6) is -0.0534. The van der Waals surface area contributed by atoms with Crippen molar-refractivity contribution < 1.29 is 8.42 Å². The minimum Gasteiger partial charge on any atom is -0.261 e. The van der Waals surface area contributed by atoms with Gasteiger partial charge in [-0.15, -0.1) is 0 Å². The Bertz CT molecular complexity index is 479. The van der Waals surface area contributed by atoms with E-state index < -0.39 is 16.1 Å². The Morgan fingerprint density at radius 2 is 2.29 bits per heavy atom. The predicted octanol–water partition coefficient (Wildman–Crippen LogP) is 0.846. The number of nitrogens with one attached hydrogen (secondary N) is 1. The first-order chi connectivity index (χ1) is 8.07. The molecule has 0 aliphatic heterocycles. The molecule has 5 nitrogen and oxygen atoms in total. The molecule has 1 rings (SSSR count). The fraction of sp³-hybridized carbons (Fsp3) is 0.455. The summed E-state index contributed by atoms with van der Waals surface area (Å²) in [4.78, 5) is 4.04. The predicted molar refractivity (Wildman–Crippen MR) is 64.6 cm³/mol. The van der Waals surface area contributed by atoms with Crippen molar-refractivity contribution in [1.29, 1.82) is 5.26 Å². The average Bonchev–Trinajstić information content (AvgIpc) is 2.35. The largest absolute Gasteiger partial charge is 0.261 e. The van der Waals surface area contributed by atoms with Gasteiger partial charge in [-0.2, -0.15) is 9.98 Å². The summed E-state index contributed by atoms with van der Waals surface area (Å²) in [5, 5.41) is 8.69. The zero-order valence-electron chi connectivity index (χ0n) is 9.63. The lowest BCUT2D eigenvalue weighted by molar-refractivity contribution is 0.568. The molecule has 0 spiro atoms. The van der Waals surface area contributed by atoms with Crippen molar-refractivity contribution >= 4 is 10.0 Å². The average molecular weight is 253 g/mol. The number of nitriles is 1. The molecule has 0 bridgehead atoms. The summed E-state index contributed by atoms with van der Waals surface area (Å²) in [7, 11) is -3.42. The molecule has 1 N–H and O–H groups in total. The molecule has 0 radical (unpaired) electrons. The van der Waals surface area contributed by atoms with Crippen molar-refractivity contribution in [1.82, 2.24) is 9.71 Å². The quantitative estimate of drug-likeness (QED) is 0.814. The van der Waals surface area contributed by atoms with Gasteiger partial charge in [-0.1, -0.05) is 13.0 Å². The normalized spacial score (nSPS) is 12.9. The Kier molecular flexibility index (Phi) is 5.07. The van der Waals surface area contributed by atoms with Crippen molar-refractivity contribution in [3.63, 3.8) is 0 Å². The summed E-state index contributed by atoms with van der Waals surface area (Å²) < 4.78 is 25.6. The van der Waals surface area contributed by atoms with E-state index in [0.717, 1.165) is 5.69 Å². The maximum Gasteiger partial charge on any atom is 0.213 e. The van der Waals surface area contributed by atoms with Gasteiger partial charge in [0.05, 0.1) is 11.8 Å². The van der Waals surface area contributed by atoms with Crippen LogP contribution in [0.5, 0.6) is 0 Å². The smallest absolute Gasteiger partial charge is 0.213 e. The third-order valence-electron chi connectivity index (χ3n) is 2.24. The lowest BCUT2D eigenvalue weighted by atomic mass is 10.3. The van der Waals surface area contributed by atoms with Gasteiger partial charge in [0.25, 0.3) is 0 Å². The molecular weight excluding hydrogens is 238 g/mol. The van der Waals surface area contributed by atoms with Gasteiger partial charge < -0.3 is 0 Å². The second-order valence-corrected chi connectivity index (χ2v) is 5.47. The van der Waals surface area contributed by atoms with Gasteiger partial charge in [0.1, 0.15) is 6.04 Å². The molecule has 17 heavy (non-hydrogen) atoms. The molecule has 0 fully saturated rings. The SMILES string of the molecule is CCC(C#N)NS(=O)(=O)CCc1ccccn1. The maximum absolute atomic E-state index is 11.6. The minimum atomic E-state index is -3.42. The van der Waals surface area contributed by atoms with E-state index >= 15 is 0 Å². The summed E-state index contributed by atoms with van der Waals surface area (Å²) in [6, 6.07) is 6.61. The van der Waals surface area contributed by atoms with Crippen molar-refractivity contribution in [2.75, 3.05) is 5.75 Å². The molecule has 0 aliphatic carbocycles. The third-order valence-corrected chi connectivity index (χ3v) is 3.62. The van der Waals surface area contributed by atoms with Crippen LogP contribution >= 0.6 is 0 Å². The number of hydrogen-bond donors (Lipinski definition) is 1. The fourth-order valence-electron chi connectivity index (χ4n) is 1.26. The third kappa shape index (κ3) is 4.93. The van der Waals surface area contributed by atoms with Crippen LogP contribution in [-0.2, 0) is 16.4 Å². The Labute approximate surface area is 102 Å². The van der Waals surface area contributed by atoms with Crippen molar-refractivity contribution in [3.8, 4) is 6.07 Å². The number of sulfonamides is 1. The number of rotatable bonds is 6. The van der Waals surface area contributed by atoms with E-state index in [4.69, 9.17) is 5.26 Å². The van der Waals surface area contributed by atoms with E-state index in [-0.39, 0.29) is 5.75 Å². The molecular formula is C11H15N3O2S. The highest BCUT2D eigenvalue weighted by Crippen LogP contribution is 1.99. The summed E-state index contributed by atoms with van der Waals surface area (Å²) in [6.07, 6.45) is 2.43. The molecule has 0 saturated carbocycles. The van der Waals surface area contributed by atoms with E-state index in [1.807, 2.05) is 12.1 Å². The molecule has 1 heterocycles. The molecule has 1 atom stereocenters. The molecule has 1 aromatic rings. The minimum absolute atomic E-state index is 0.0534. The van der Waals surface area contributed by atoms with Crippen LogP contribution in [0.2, 0.25) is 0 Å². The molecule has 0 saturated heterocycles. The van der Waals surface area contributed by atoms with Gasteiger partial charge in [-0.25, -0.2) is 8.42 Å². The number of nitrogens with zero attached hydrogens (tertiary/aromatic N) is 2. The highest BCUT2D eigenvalue weighted by atomic mass is 32.2. The van der Waals surface area contributed by atoms with Crippen LogP contribution < -0.4 is 4.72 Å². The van der Waals surface area contributed by atoms with Gasteiger partial charge in [0.15, 0.2) is 0 Å². The topological polar surface area (TPSA) is 82.9 Å². The zero-order chi connectivity index (χ0) is 12.7. The Balaban J connectivity index is 2.54. The number of pyridine rings is 1. The summed E-state index contributed by atoms with van der Waals surface area (Å²) >= 11 is 0. The standard InChI is InChI=1S/C11H15N3O2S/c1-2-10(9-12)14-17(15,16)8-6-11-5-3-4-7-13-11/h3-5,7,10,14H,2,6,8H2,1H3. The second-order valence-electron chi connectivity index (χ2n) is 3.60. The maximum atomic E-state index is 11.6. The van der Waals surface area contributed by atoms with Gasteiger partial charge in [-0.05, 0) is 18.6 Å². The highest BCUT2D eigenvalue weighted by Gasteiger charge is 2.15. The summed E-state index contributed by atoms with van der Waals surface area (Å²) in [6.45, 7) is 1.76. The van der Waals surface area contributed by atoms with Crippen LogP contribution in [0, 0.1) is 11.3 Å². The van der Waals surface area contributed by atoms with Crippen LogP contribution in [0.3, 0.4) is 0 Å². The zero-order valence-corrected chi connectivity index (χ0v) is 10.4. The lowest BCUT2D eigenvalue weighted by Gasteiger charge is -2.09. The number of aryl methyl sites for hydroxylation is 1. The van der Waals surface area contributed by atoms with Gasteiger partial charge in [-0.3, -0.25) is 4.98 Å². The van der Waals surface area contributed by atoms with Crippen LogP contribution in [0.15, 0.2) is 24.4 Å². The monoisotopic (exact) mass is 253 g/mol. The van der Waals surface area contributed by atoms with Crippen LogP contribution in [0.1, 0.15) is 19.0 Å². The van der Waals surface area contributed by atoms with E-state index in [2.05, 4.69) is 9.71 Å². The molecule has 0 amide bonds. The molecule has 6 heteroatoms. The highest BCUT2D eigenvalue weighted by molar-refractivity contribution is 7.89. The van der Waals surface area contributed by atoms with E-state index in [9.17, 15) is 8.42 Å². The van der Waals surface area contributed by atoms with E-state index in [1.54, 1.807) is 25.3 Å². The second kappa shape index (κ2) is 6.33. The molecule has 1 unspecified atom stereocenters. The van der Waals surface area contributed by atoms with E-state index in [1.165, 1.54) is 0 Å². The lowest BCUT2D eigenvalue weighted by Crippen LogP contribution is -2.35. The fourth-order valence-corrected chi connectivity index (χ4v) is 2.51. The van der Waals surface area contributed by atoms with Crippen molar-refractivity contribution in [2.45, 2.75) is 25.8 Å². The molecule has 1 aromatic heterocycles. The van der Waals surface area contributed by atoms with Crippen LogP contribution in [-0.4, -0.2) is 25.2 Å². The molecule has 92 valence electrons.